The molecule has 0 spiro atoms. The van der Waals surface area contributed by atoms with Crippen molar-refractivity contribution in [1.29, 1.82) is 5.26 Å². The highest BCUT2D eigenvalue weighted by molar-refractivity contribution is 5.87. The average molecular weight is 254 g/mol. The van der Waals surface area contributed by atoms with Gasteiger partial charge in [0.15, 0.2) is 0 Å². The third kappa shape index (κ3) is 2.08. The number of ether oxygens (including phenoxy) is 1. The van der Waals surface area contributed by atoms with E-state index in [1.54, 1.807) is 0 Å². The topological polar surface area (TPSA) is 48.8 Å². The highest BCUT2D eigenvalue weighted by Crippen LogP contribution is 2.39. The minimum absolute atomic E-state index is 0.374. The summed E-state index contributed by atoms with van der Waals surface area (Å²) in [6.07, 6.45) is 3.99. The van der Waals surface area contributed by atoms with Gasteiger partial charge in [-0.2, -0.15) is 5.26 Å². The zero-order valence-corrected chi connectivity index (χ0v) is 11.2. The van der Waals surface area contributed by atoms with Gasteiger partial charge >= 0.3 is 0 Å². The first-order valence-corrected chi connectivity index (χ1v) is 6.97. The van der Waals surface area contributed by atoms with E-state index >= 15 is 0 Å². The molecule has 1 unspecified atom stereocenters. The molecule has 3 heteroatoms. The van der Waals surface area contributed by atoms with Crippen LogP contribution in [0.15, 0.2) is 18.2 Å². The molecule has 1 aromatic carbocycles. The van der Waals surface area contributed by atoms with Gasteiger partial charge in [0.25, 0.3) is 0 Å². The number of benzene rings is 1. The standard InChI is InChI=1S/C16H18N2O/c1-2-19-12-6-7-14-13(10-12)16-11(8-9-17)4-3-5-15(16)18-14/h6-7,10-11,18H,2-5,8H2,1H3. The van der Waals surface area contributed by atoms with Gasteiger partial charge < -0.3 is 9.72 Å². The Bertz CT molecular complexity index is 636. The maximum Gasteiger partial charge on any atom is 0.120 e. The summed E-state index contributed by atoms with van der Waals surface area (Å²) in [6, 6.07) is 8.53. The maximum absolute atomic E-state index is 9.01. The second-order valence-corrected chi connectivity index (χ2v) is 5.11. The molecule has 1 aliphatic rings. The van der Waals surface area contributed by atoms with Crippen LogP contribution in [0.25, 0.3) is 10.9 Å². The Morgan fingerprint density at radius 1 is 1.47 bits per heavy atom. The Kier molecular flexibility index (Phi) is 3.16. The highest BCUT2D eigenvalue weighted by Gasteiger charge is 2.24. The fourth-order valence-electron chi connectivity index (χ4n) is 3.15. The van der Waals surface area contributed by atoms with Crippen molar-refractivity contribution in [1.82, 2.24) is 4.98 Å². The molecule has 1 heterocycles. The lowest BCUT2D eigenvalue weighted by atomic mass is 9.83. The predicted octanol–water partition coefficient (Wildman–Crippen LogP) is 3.90. The van der Waals surface area contributed by atoms with Crippen molar-refractivity contribution < 1.29 is 4.74 Å². The van der Waals surface area contributed by atoms with Crippen molar-refractivity contribution in [2.45, 2.75) is 38.5 Å². The van der Waals surface area contributed by atoms with Crippen LogP contribution in [0, 0.1) is 11.3 Å². The van der Waals surface area contributed by atoms with Crippen LogP contribution in [-0.2, 0) is 6.42 Å². The van der Waals surface area contributed by atoms with Crippen LogP contribution in [0.5, 0.6) is 5.75 Å². The summed E-state index contributed by atoms with van der Waals surface area (Å²) in [5.74, 6) is 1.29. The van der Waals surface area contributed by atoms with Crippen LogP contribution >= 0.6 is 0 Å². The molecule has 3 nitrogen and oxygen atoms in total. The zero-order chi connectivity index (χ0) is 13.2. The summed E-state index contributed by atoms with van der Waals surface area (Å²) in [7, 11) is 0. The van der Waals surface area contributed by atoms with E-state index < -0.39 is 0 Å². The number of nitrogens with zero attached hydrogens (tertiary/aromatic N) is 1. The number of nitrogens with one attached hydrogen (secondary N) is 1. The fourth-order valence-corrected chi connectivity index (χ4v) is 3.15. The molecule has 0 bridgehead atoms. The molecule has 1 atom stereocenters. The quantitative estimate of drug-likeness (QED) is 0.903. The second kappa shape index (κ2) is 4.97. The van der Waals surface area contributed by atoms with Crippen LogP contribution in [0.3, 0.4) is 0 Å². The summed E-state index contributed by atoms with van der Waals surface area (Å²) >= 11 is 0. The molecule has 19 heavy (non-hydrogen) atoms. The lowest BCUT2D eigenvalue weighted by molar-refractivity contribution is 0.340. The van der Waals surface area contributed by atoms with Gasteiger partial charge in [-0.1, -0.05) is 0 Å². The van der Waals surface area contributed by atoms with E-state index in [1.165, 1.54) is 28.6 Å². The number of H-pyrrole nitrogens is 1. The van der Waals surface area contributed by atoms with Crippen LogP contribution in [-0.4, -0.2) is 11.6 Å². The molecule has 0 aliphatic heterocycles. The van der Waals surface area contributed by atoms with Gasteiger partial charge in [-0.25, -0.2) is 0 Å². The SMILES string of the molecule is CCOc1ccc2[nH]c3c(c2c1)C(CC#N)CCC3. The number of aromatic amines is 1. The summed E-state index contributed by atoms with van der Waals surface area (Å²) in [4.78, 5) is 3.51. The summed E-state index contributed by atoms with van der Waals surface area (Å²) in [6.45, 7) is 2.68. The van der Waals surface area contributed by atoms with Gasteiger partial charge in [0, 0.05) is 23.0 Å². The largest absolute Gasteiger partial charge is 0.494 e. The van der Waals surface area contributed by atoms with E-state index in [0.717, 1.165) is 18.6 Å². The molecule has 3 rings (SSSR count). The number of rotatable bonds is 3. The molecule has 1 aliphatic carbocycles. The van der Waals surface area contributed by atoms with E-state index in [4.69, 9.17) is 10.00 Å². The van der Waals surface area contributed by atoms with Crippen molar-refractivity contribution in [3.63, 3.8) is 0 Å². The summed E-state index contributed by atoms with van der Waals surface area (Å²) in [5.41, 5.74) is 3.83. The first-order valence-electron chi connectivity index (χ1n) is 6.97. The Morgan fingerprint density at radius 2 is 2.37 bits per heavy atom. The normalized spacial score (nSPS) is 18.0. The van der Waals surface area contributed by atoms with Crippen molar-refractivity contribution in [2.24, 2.45) is 0 Å². The molecule has 0 saturated heterocycles. The zero-order valence-electron chi connectivity index (χ0n) is 11.2. The van der Waals surface area contributed by atoms with Gasteiger partial charge in [-0.15, -0.1) is 0 Å². The van der Waals surface area contributed by atoms with Crippen molar-refractivity contribution >= 4 is 10.9 Å². The van der Waals surface area contributed by atoms with Crippen LogP contribution < -0.4 is 4.74 Å². The molecule has 0 radical (unpaired) electrons. The van der Waals surface area contributed by atoms with E-state index in [1.807, 2.05) is 13.0 Å². The summed E-state index contributed by atoms with van der Waals surface area (Å²) in [5, 5.41) is 10.2. The van der Waals surface area contributed by atoms with Gasteiger partial charge in [0.1, 0.15) is 5.75 Å². The molecule has 0 fully saturated rings. The number of fused-ring (bicyclic) bond motifs is 3. The first kappa shape index (κ1) is 12.1. The van der Waals surface area contributed by atoms with Crippen LogP contribution in [0.2, 0.25) is 0 Å². The molecular weight excluding hydrogens is 236 g/mol. The minimum atomic E-state index is 0.374. The predicted molar refractivity (Wildman–Crippen MR) is 75.4 cm³/mol. The second-order valence-electron chi connectivity index (χ2n) is 5.11. The van der Waals surface area contributed by atoms with E-state index in [9.17, 15) is 0 Å². The Labute approximate surface area is 113 Å². The molecule has 0 amide bonds. The van der Waals surface area contributed by atoms with Crippen molar-refractivity contribution in [3.05, 3.63) is 29.5 Å². The third-order valence-corrected chi connectivity index (χ3v) is 3.93. The van der Waals surface area contributed by atoms with E-state index in [-0.39, 0.29) is 0 Å². The number of hydrogen-bond acceptors (Lipinski definition) is 2. The first-order chi connectivity index (χ1) is 9.33. The molecular formula is C16H18N2O. The monoisotopic (exact) mass is 254 g/mol. The Morgan fingerprint density at radius 3 is 3.16 bits per heavy atom. The molecule has 0 saturated carbocycles. The van der Waals surface area contributed by atoms with Crippen molar-refractivity contribution in [2.75, 3.05) is 6.61 Å². The fraction of sp³-hybridized carbons (Fsp3) is 0.438. The minimum Gasteiger partial charge on any atom is -0.494 e. The molecule has 2 aromatic rings. The smallest absolute Gasteiger partial charge is 0.120 e. The third-order valence-electron chi connectivity index (χ3n) is 3.93. The van der Waals surface area contributed by atoms with Crippen LogP contribution in [0.1, 0.15) is 43.4 Å². The summed E-state index contributed by atoms with van der Waals surface area (Å²) < 4.78 is 5.59. The van der Waals surface area contributed by atoms with Crippen molar-refractivity contribution in [3.8, 4) is 11.8 Å². The number of aryl methyl sites for hydroxylation is 1. The lowest BCUT2D eigenvalue weighted by Gasteiger charge is -2.20. The van der Waals surface area contributed by atoms with Crippen LogP contribution in [0.4, 0.5) is 0 Å². The highest BCUT2D eigenvalue weighted by atomic mass is 16.5. The Hall–Kier alpha value is -1.95. The lowest BCUT2D eigenvalue weighted by Crippen LogP contribution is -2.08. The van der Waals surface area contributed by atoms with Gasteiger partial charge in [-0.05, 0) is 55.9 Å². The molecule has 1 N–H and O–H groups in total. The number of nitriles is 1. The van der Waals surface area contributed by atoms with Gasteiger partial charge in [0.05, 0.1) is 12.7 Å². The molecule has 1 aromatic heterocycles. The molecule has 98 valence electrons. The number of hydrogen-bond donors (Lipinski definition) is 1. The van der Waals surface area contributed by atoms with Gasteiger partial charge in [-0.3, -0.25) is 0 Å². The Balaban J connectivity index is 2.12. The van der Waals surface area contributed by atoms with E-state index in [0.29, 0.717) is 18.9 Å². The van der Waals surface area contributed by atoms with E-state index in [2.05, 4.69) is 23.2 Å². The number of aromatic nitrogens is 1. The van der Waals surface area contributed by atoms with Gasteiger partial charge in [0.2, 0.25) is 0 Å². The maximum atomic E-state index is 9.01. The average Bonchev–Trinajstić information content (AvgIpc) is 2.78.